The minimum Gasteiger partial charge on any atom is -0.349 e. The second-order valence-electron chi connectivity index (χ2n) is 2.99. The van der Waals surface area contributed by atoms with E-state index < -0.39 is 0 Å². The molecule has 0 spiro atoms. The molecule has 1 heterocycles. The summed E-state index contributed by atoms with van der Waals surface area (Å²) in [5, 5.41) is 2.76. The van der Waals surface area contributed by atoms with Crippen molar-refractivity contribution in [3.05, 3.63) is 28.5 Å². The van der Waals surface area contributed by atoms with Crippen molar-refractivity contribution in [2.24, 2.45) is 0 Å². The zero-order chi connectivity index (χ0) is 9.84. The molecule has 1 N–H and O–H groups in total. The molecule has 1 aromatic heterocycles. The van der Waals surface area contributed by atoms with Crippen LogP contribution in [0.2, 0.25) is 0 Å². The first-order valence-electron chi connectivity index (χ1n) is 4.02. The van der Waals surface area contributed by atoms with Crippen LogP contribution >= 0.6 is 15.9 Å². The monoisotopic (exact) mass is 242 g/mol. The largest absolute Gasteiger partial charge is 0.349 e. The molecule has 0 atom stereocenters. The van der Waals surface area contributed by atoms with E-state index in [1.165, 1.54) is 0 Å². The van der Waals surface area contributed by atoms with Crippen LogP contribution in [0.5, 0.6) is 0 Å². The van der Waals surface area contributed by atoms with Gasteiger partial charge in [-0.1, -0.05) is 15.9 Å². The molecule has 1 rings (SSSR count). The number of aromatic nitrogens is 1. The lowest BCUT2D eigenvalue weighted by Crippen LogP contribution is -2.30. The Morgan fingerprint density at radius 3 is 2.85 bits per heavy atom. The van der Waals surface area contributed by atoms with Crippen molar-refractivity contribution in [1.82, 2.24) is 10.3 Å². The third-order valence-electron chi connectivity index (χ3n) is 1.37. The summed E-state index contributed by atoms with van der Waals surface area (Å²) in [6.07, 6.45) is 1.60. The van der Waals surface area contributed by atoms with Gasteiger partial charge in [0.15, 0.2) is 0 Å². The van der Waals surface area contributed by atoms with E-state index in [0.29, 0.717) is 5.69 Å². The summed E-state index contributed by atoms with van der Waals surface area (Å²) >= 11 is 3.28. The second kappa shape index (κ2) is 4.37. The quantitative estimate of drug-likeness (QED) is 0.862. The number of rotatable bonds is 2. The third kappa shape index (κ3) is 3.14. The van der Waals surface area contributed by atoms with Gasteiger partial charge in [0.2, 0.25) is 0 Å². The maximum Gasteiger partial charge on any atom is 0.270 e. The van der Waals surface area contributed by atoms with Crippen molar-refractivity contribution in [1.29, 1.82) is 0 Å². The highest BCUT2D eigenvalue weighted by Crippen LogP contribution is 2.08. The highest BCUT2D eigenvalue weighted by molar-refractivity contribution is 9.10. The van der Waals surface area contributed by atoms with E-state index >= 15 is 0 Å². The van der Waals surface area contributed by atoms with E-state index in [4.69, 9.17) is 0 Å². The minimum absolute atomic E-state index is 0.133. The molecule has 4 heteroatoms. The Labute approximate surface area is 85.7 Å². The summed E-state index contributed by atoms with van der Waals surface area (Å²) in [6, 6.07) is 3.61. The fraction of sp³-hybridized carbons (Fsp3) is 0.333. The number of nitrogens with zero attached hydrogens (tertiary/aromatic N) is 1. The average Bonchev–Trinajstić information content (AvgIpc) is 2.03. The Hall–Kier alpha value is -0.900. The second-order valence-corrected chi connectivity index (χ2v) is 3.90. The van der Waals surface area contributed by atoms with Crippen LogP contribution in [-0.4, -0.2) is 16.9 Å². The molecule has 70 valence electrons. The molecule has 0 fully saturated rings. The fourth-order valence-corrected chi connectivity index (χ4v) is 1.20. The van der Waals surface area contributed by atoms with Gasteiger partial charge in [0.1, 0.15) is 5.69 Å². The topological polar surface area (TPSA) is 42.0 Å². The molecule has 0 unspecified atom stereocenters. The van der Waals surface area contributed by atoms with Crippen LogP contribution in [0.3, 0.4) is 0 Å². The zero-order valence-corrected chi connectivity index (χ0v) is 9.13. The van der Waals surface area contributed by atoms with Gasteiger partial charge < -0.3 is 5.32 Å². The van der Waals surface area contributed by atoms with Crippen molar-refractivity contribution >= 4 is 21.8 Å². The first kappa shape index (κ1) is 10.2. The van der Waals surface area contributed by atoms with Gasteiger partial charge in [0.25, 0.3) is 5.91 Å². The molecule has 0 aliphatic heterocycles. The molecule has 13 heavy (non-hydrogen) atoms. The number of hydrogen-bond donors (Lipinski definition) is 1. The van der Waals surface area contributed by atoms with Crippen LogP contribution < -0.4 is 5.32 Å². The van der Waals surface area contributed by atoms with E-state index in [0.717, 1.165) is 4.47 Å². The van der Waals surface area contributed by atoms with Crippen molar-refractivity contribution in [3.63, 3.8) is 0 Å². The maximum absolute atomic E-state index is 11.4. The average molecular weight is 243 g/mol. The van der Waals surface area contributed by atoms with Gasteiger partial charge in [-0.2, -0.15) is 0 Å². The molecule has 0 aliphatic rings. The van der Waals surface area contributed by atoms with Gasteiger partial charge in [0.05, 0.1) is 0 Å². The number of pyridine rings is 1. The van der Waals surface area contributed by atoms with E-state index in [2.05, 4.69) is 26.2 Å². The Morgan fingerprint density at radius 2 is 2.31 bits per heavy atom. The lowest BCUT2D eigenvalue weighted by Gasteiger charge is -2.07. The summed E-state index contributed by atoms with van der Waals surface area (Å²) < 4.78 is 0.858. The first-order valence-corrected chi connectivity index (χ1v) is 4.81. The molecule has 0 radical (unpaired) electrons. The van der Waals surface area contributed by atoms with Crippen molar-refractivity contribution in [2.45, 2.75) is 19.9 Å². The van der Waals surface area contributed by atoms with Gasteiger partial charge in [-0.05, 0) is 26.0 Å². The van der Waals surface area contributed by atoms with Crippen molar-refractivity contribution in [3.8, 4) is 0 Å². The molecule has 1 amide bonds. The van der Waals surface area contributed by atoms with Crippen molar-refractivity contribution in [2.75, 3.05) is 0 Å². The predicted octanol–water partition coefficient (Wildman–Crippen LogP) is 1.98. The molecular weight excluding hydrogens is 232 g/mol. The Bertz CT molecular complexity index is 312. The molecule has 1 aromatic rings. The van der Waals surface area contributed by atoms with Crippen LogP contribution in [-0.2, 0) is 0 Å². The van der Waals surface area contributed by atoms with E-state index in [1.807, 2.05) is 13.8 Å². The van der Waals surface area contributed by atoms with Gasteiger partial charge in [-0.25, -0.2) is 0 Å². The Kier molecular flexibility index (Phi) is 3.42. The molecular formula is C9H11BrN2O. The van der Waals surface area contributed by atoms with Crippen molar-refractivity contribution < 1.29 is 4.79 Å². The van der Waals surface area contributed by atoms with Crippen LogP contribution in [0.15, 0.2) is 22.8 Å². The Balaban J connectivity index is 2.77. The number of halogens is 1. The number of carbonyl (C=O) groups is 1. The summed E-state index contributed by atoms with van der Waals surface area (Å²) in [6.45, 7) is 3.83. The van der Waals surface area contributed by atoms with Crippen LogP contribution in [0.1, 0.15) is 24.3 Å². The number of hydrogen-bond acceptors (Lipinski definition) is 2. The highest BCUT2D eigenvalue weighted by atomic mass is 79.9. The third-order valence-corrected chi connectivity index (χ3v) is 1.87. The summed E-state index contributed by atoms with van der Waals surface area (Å²) in [7, 11) is 0. The normalized spacial score (nSPS) is 10.2. The van der Waals surface area contributed by atoms with Gasteiger partial charge in [0, 0.05) is 16.7 Å². The lowest BCUT2D eigenvalue weighted by atomic mass is 10.3. The first-order chi connectivity index (χ1) is 6.09. The zero-order valence-electron chi connectivity index (χ0n) is 7.54. The molecule has 0 saturated carbocycles. The molecule has 3 nitrogen and oxygen atoms in total. The number of nitrogens with one attached hydrogen (secondary N) is 1. The molecule has 0 saturated heterocycles. The Morgan fingerprint density at radius 1 is 1.62 bits per heavy atom. The van der Waals surface area contributed by atoms with Gasteiger partial charge in [-0.3, -0.25) is 9.78 Å². The fourth-order valence-electron chi connectivity index (χ4n) is 0.865. The number of amides is 1. The summed E-state index contributed by atoms with van der Waals surface area (Å²) in [5.74, 6) is -0.142. The summed E-state index contributed by atoms with van der Waals surface area (Å²) in [5.41, 5.74) is 0.433. The van der Waals surface area contributed by atoms with Gasteiger partial charge in [-0.15, -0.1) is 0 Å². The molecule has 0 aliphatic carbocycles. The standard InChI is InChI=1S/C9H11BrN2O/c1-6(2)12-9(13)8-5-7(10)3-4-11-8/h3-6H,1-2H3,(H,12,13). The number of carbonyl (C=O) groups excluding carboxylic acids is 1. The van der Waals surface area contributed by atoms with E-state index in [1.54, 1.807) is 18.3 Å². The van der Waals surface area contributed by atoms with Gasteiger partial charge >= 0.3 is 0 Å². The maximum atomic E-state index is 11.4. The molecule has 0 aromatic carbocycles. The summed E-state index contributed by atoms with van der Waals surface area (Å²) in [4.78, 5) is 15.4. The van der Waals surface area contributed by atoms with Crippen LogP contribution in [0.25, 0.3) is 0 Å². The SMILES string of the molecule is CC(C)NC(=O)c1cc(Br)ccn1. The highest BCUT2D eigenvalue weighted by Gasteiger charge is 2.07. The van der Waals surface area contributed by atoms with Crippen LogP contribution in [0.4, 0.5) is 0 Å². The smallest absolute Gasteiger partial charge is 0.270 e. The van der Waals surface area contributed by atoms with Crippen LogP contribution in [0, 0.1) is 0 Å². The lowest BCUT2D eigenvalue weighted by molar-refractivity contribution is 0.0938. The van der Waals surface area contributed by atoms with E-state index in [9.17, 15) is 4.79 Å². The minimum atomic E-state index is -0.142. The molecule has 0 bridgehead atoms. The van der Waals surface area contributed by atoms with E-state index in [-0.39, 0.29) is 11.9 Å². The predicted molar refractivity (Wildman–Crippen MR) is 54.5 cm³/mol.